The minimum Gasteiger partial charge on any atom is -0.461 e. The highest BCUT2D eigenvalue weighted by Crippen LogP contribution is 1.92. The van der Waals surface area contributed by atoms with E-state index in [1.807, 2.05) is 6.92 Å². The third-order valence-corrected chi connectivity index (χ3v) is 1.36. The van der Waals surface area contributed by atoms with Crippen molar-refractivity contribution in [2.24, 2.45) is 0 Å². The molecule has 0 aliphatic carbocycles. The molecule has 0 bridgehead atoms. The van der Waals surface area contributed by atoms with Crippen LogP contribution in [-0.4, -0.2) is 38.4 Å². The van der Waals surface area contributed by atoms with E-state index in [9.17, 15) is 9.59 Å². The smallest absolute Gasteiger partial charge is 0.344 e. The van der Waals surface area contributed by atoms with Crippen molar-refractivity contribution in [1.82, 2.24) is 0 Å². The van der Waals surface area contributed by atoms with E-state index in [0.717, 1.165) is 0 Å². The highest BCUT2D eigenvalue weighted by molar-refractivity contribution is 5.88. The monoisotopic (exact) mass is 216 g/mol. The van der Waals surface area contributed by atoms with Crippen molar-refractivity contribution in [3.63, 3.8) is 0 Å². The summed E-state index contributed by atoms with van der Waals surface area (Å²) < 4.78 is 14.2. The lowest BCUT2D eigenvalue weighted by Gasteiger charge is -2.05. The summed E-state index contributed by atoms with van der Waals surface area (Å²) in [6.45, 7) is 7.41. The van der Waals surface area contributed by atoms with Gasteiger partial charge in [-0.25, -0.2) is 9.59 Å². The van der Waals surface area contributed by atoms with Crippen LogP contribution in [0.15, 0.2) is 12.2 Å². The largest absolute Gasteiger partial charge is 0.461 e. The predicted molar refractivity (Wildman–Crippen MR) is 53.2 cm³/mol. The molecule has 0 aromatic rings. The van der Waals surface area contributed by atoms with Crippen molar-refractivity contribution < 1.29 is 23.8 Å². The molecule has 0 aromatic heterocycles. The highest BCUT2D eigenvalue weighted by atomic mass is 16.6. The molecule has 0 rings (SSSR count). The fourth-order valence-electron chi connectivity index (χ4n) is 0.648. The number of carbonyl (C=O) groups is 2. The maximum atomic E-state index is 10.9. The Balaban J connectivity index is 3.49. The molecule has 0 aromatic carbocycles. The Morgan fingerprint density at radius 2 is 1.87 bits per heavy atom. The molecule has 0 unspecified atom stereocenters. The molecular weight excluding hydrogens is 200 g/mol. The van der Waals surface area contributed by atoms with Crippen LogP contribution < -0.4 is 0 Å². The summed E-state index contributed by atoms with van der Waals surface area (Å²) >= 11 is 0. The van der Waals surface area contributed by atoms with Gasteiger partial charge in [-0.1, -0.05) is 6.58 Å². The average Bonchev–Trinajstić information content (AvgIpc) is 2.20. The number of ether oxygens (including phenoxy) is 3. The van der Waals surface area contributed by atoms with Gasteiger partial charge in [-0.05, 0) is 13.8 Å². The molecule has 0 saturated heterocycles. The maximum absolute atomic E-state index is 10.9. The van der Waals surface area contributed by atoms with E-state index in [1.165, 1.54) is 6.92 Å². The van der Waals surface area contributed by atoms with Crippen LogP contribution in [0.2, 0.25) is 0 Å². The lowest BCUT2D eigenvalue weighted by Crippen LogP contribution is -2.18. The van der Waals surface area contributed by atoms with Crippen LogP contribution in [0, 0.1) is 0 Å². The third kappa shape index (κ3) is 7.69. The molecule has 0 aliphatic rings. The summed E-state index contributed by atoms with van der Waals surface area (Å²) in [7, 11) is 0. The van der Waals surface area contributed by atoms with Crippen LogP contribution in [0.3, 0.4) is 0 Å². The first-order chi connectivity index (χ1) is 7.07. The quantitative estimate of drug-likeness (QED) is 0.356. The van der Waals surface area contributed by atoms with E-state index in [1.54, 1.807) is 0 Å². The summed E-state index contributed by atoms with van der Waals surface area (Å²) in [5.41, 5.74) is 0.247. The van der Waals surface area contributed by atoms with Crippen molar-refractivity contribution in [3.05, 3.63) is 12.2 Å². The topological polar surface area (TPSA) is 61.8 Å². The first-order valence-corrected chi connectivity index (χ1v) is 4.64. The lowest BCUT2D eigenvalue weighted by atomic mass is 10.4. The molecule has 86 valence electrons. The maximum Gasteiger partial charge on any atom is 0.344 e. The Morgan fingerprint density at radius 1 is 1.20 bits per heavy atom. The van der Waals surface area contributed by atoms with E-state index in [0.29, 0.717) is 13.2 Å². The molecule has 0 N–H and O–H groups in total. The van der Waals surface area contributed by atoms with Crippen LogP contribution in [0.1, 0.15) is 13.8 Å². The van der Waals surface area contributed by atoms with Gasteiger partial charge in [0, 0.05) is 12.2 Å². The highest BCUT2D eigenvalue weighted by Gasteiger charge is 2.08. The summed E-state index contributed by atoms with van der Waals surface area (Å²) in [6, 6.07) is 0. The zero-order valence-electron chi connectivity index (χ0n) is 9.08. The first-order valence-electron chi connectivity index (χ1n) is 4.64. The number of rotatable bonds is 7. The van der Waals surface area contributed by atoms with Crippen molar-refractivity contribution in [2.45, 2.75) is 13.8 Å². The fraction of sp³-hybridized carbons (Fsp3) is 0.600. The van der Waals surface area contributed by atoms with Crippen molar-refractivity contribution in [1.29, 1.82) is 0 Å². The van der Waals surface area contributed by atoms with Crippen LogP contribution in [0.25, 0.3) is 0 Å². The number of esters is 2. The Labute approximate surface area is 89.0 Å². The lowest BCUT2D eigenvalue weighted by molar-refractivity contribution is -0.157. The Kier molecular flexibility index (Phi) is 7.27. The summed E-state index contributed by atoms with van der Waals surface area (Å²) in [5, 5.41) is 0. The molecule has 0 amide bonds. The predicted octanol–water partition coefficient (Wildman–Crippen LogP) is 0.685. The van der Waals surface area contributed by atoms with Crippen LogP contribution in [-0.2, 0) is 23.8 Å². The second kappa shape index (κ2) is 7.99. The number of carbonyl (C=O) groups excluding carboxylic acids is 2. The summed E-state index contributed by atoms with van der Waals surface area (Å²) in [5.74, 6) is -1.19. The van der Waals surface area contributed by atoms with Crippen molar-refractivity contribution in [3.8, 4) is 0 Å². The molecular formula is C10H16O5. The molecule has 5 heteroatoms. The molecule has 5 nitrogen and oxygen atoms in total. The van der Waals surface area contributed by atoms with Gasteiger partial charge in [0.25, 0.3) is 0 Å². The van der Waals surface area contributed by atoms with Gasteiger partial charge in [-0.2, -0.15) is 0 Å². The number of hydrogen-bond donors (Lipinski definition) is 0. The van der Waals surface area contributed by atoms with E-state index in [-0.39, 0.29) is 12.2 Å². The Hall–Kier alpha value is -1.36. The molecule has 0 radical (unpaired) electrons. The molecule has 0 atom stereocenters. The fourth-order valence-corrected chi connectivity index (χ4v) is 0.648. The summed E-state index contributed by atoms with van der Waals surface area (Å²) in [4.78, 5) is 21.8. The average molecular weight is 216 g/mol. The molecule has 0 aliphatic heterocycles. The van der Waals surface area contributed by atoms with Gasteiger partial charge in [0.1, 0.15) is 6.61 Å². The van der Waals surface area contributed by atoms with Gasteiger partial charge in [0.15, 0.2) is 6.61 Å². The van der Waals surface area contributed by atoms with Gasteiger partial charge >= 0.3 is 11.9 Å². The second-order valence-electron chi connectivity index (χ2n) is 2.77. The second-order valence-corrected chi connectivity index (χ2v) is 2.77. The van der Waals surface area contributed by atoms with Crippen LogP contribution in [0.4, 0.5) is 0 Å². The first kappa shape index (κ1) is 13.6. The van der Waals surface area contributed by atoms with Gasteiger partial charge in [0.05, 0.1) is 6.61 Å². The molecule has 0 fully saturated rings. The summed E-state index contributed by atoms with van der Waals surface area (Å²) in [6.07, 6.45) is 0. The van der Waals surface area contributed by atoms with Crippen molar-refractivity contribution in [2.75, 3.05) is 26.4 Å². The van der Waals surface area contributed by atoms with Gasteiger partial charge in [-0.15, -0.1) is 0 Å². The van der Waals surface area contributed by atoms with E-state index in [4.69, 9.17) is 9.47 Å². The third-order valence-electron chi connectivity index (χ3n) is 1.36. The Bertz CT molecular complexity index is 234. The molecule has 15 heavy (non-hydrogen) atoms. The van der Waals surface area contributed by atoms with Gasteiger partial charge in [0.2, 0.25) is 0 Å². The molecule has 0 spiro atoms. The van der Waals surface area contributed by atoms with E-state index < -0.39 is 18.5 Å². The van der Waals surface area contributed by atoms with E-state index >= 15 is 0 Å². The minimum absolute atomic E-state index is 0.164. The SMILES string of the molecule is C=C(C)C(=O)OCC(=O)OCCOCC. The van der Waals surface area contributed by atoms with E-state index in [2.05, 4.69) is 11.3 Å². The van der Waals surface area contributed by atoms with Gasteiger partial charge in [-0.3, -0.25) is 0 Å². The zero-order valence-corrected chi connectivity index (χ0v) is 9.08. The molecule has 0 heterocycles. The van der Waals surface area contributed by atoms with Crippen molar-refractivity contribution >= 4 is 11.9 Å². The van der Waals surface area contributed by atoms with Crippen LogP contribution >= 0.6 is 0 Å². The zero-order chi connectivity index (χ0) is 11.7. The standard InChI is InChI=1S/C10H16O5/c1-4-13-5-6-14-9(11)7-15-10(12)8(2)3/h2,4-7H2,1,3H3. The number of hydrogen-bond acceptors (Lipinski definition) is 5. The minimum atomic E-state index is -0.600. The molecule has 0 saturated carbocycles. The Morgan fingerprint density at radius 3 is 2.40 bits per heavy atom. The van der Waals surface area contributed by atoms with Gasteiger partial charge < -0.3 is 14.2 Å². The van der Waals surface area contributed by atoms with Crippen LogP contribution in [0.5, 0.6) is 0 Å². The normalized spacial score (nSPS) is 9.47.